The Morgan fingerprint density at radius 3 is 3.05 bits per heavy atom. The number of β-amino-alcohol motifs (C(OH)–C–C–N with tert-alkyl or cyclic N) is 1. The van der Waals surface area contributed by atoms with Gasteiger partial charge in [0.05, 0.1) is 6.10 Å². The third-order valence-electron chi connectivity index (χ3n) is 3.53. The summed E-state index contributed by atoms with van der Waals surface area (Å²) in [6.07, 6.45) is 2.85. The molecular weight excluding hydrogens is 260 g/mol. The molecule has 0 radical (unpaired) electrons. The monoisotopic (exact) mass is 282 g/mol. The second kappa shape index (κ2) is 7.13. The molecular formula is C15H23ClN2O. The first-order valence-electron chi connectivity index (χ1n) is 7.13. The molecule has 1 fully saturated rings. The highest BCUT2D eigenvalue weighted by molar-refractivity contribution is 6.30. The van der Waals surface area contributed by atoms with Crippen LogP contribution in [-0.4, -0.2) is 30.8 Å². The molecule has 2 rings (SSSR count). The van der Waals surface area contributed by atoms with Crippen LogP contribution in [0.1, 0.15) is 31.7 Å². The van der Waals surface area contributed by atoms with Crippen LogP contribution in [-0.2, 0) is 6.54 Å². The molecule has 1 aliphatic heterocycles. The zero-order chi connectivity index (χ0) is 13.7. The van der Waals surface area contributed by atoms with E-state index in [0.717, 1.165) is 49.6 Å². The second-order valence-electron chi connectivity index (χ2n) is 5.19. The maximum Gasteiger partial charge on any atom is 0.0715 e. The molecule has 0 spiro atoms. The maximum atomic E-state index is 9.82. The molecule has 1 aromatic rings. The SMILES string of the molecule is CCCNCc1ccc(Cl)cc1N1CCCC(O)C1. The van der Waals surface area contributed by atoms with Gasteiger partial charge in [0.1, 0.15) is 0 Å². The van der Waals surface area contributed by atoms with Crippen molar-refractivity contribution < 1.29 is 5.11 Å². The van der Waals surface area contributed by atoms with E-state index in [9.17, 15) is 5.11 Å². The van der Waals surface area contributed by atoms with E-state index in [1.807, 2.05) is 12.1 Å². The molecule has 0 amide bonds. The lowest BCUT2D eigenvalue weighted by Gasteiger charge is -2.33. The summed E-state index contributed by atoms with van der Waals surface area (Å²) in [4.78, 5) is 2.25. The topological polar surface area (TPSA) is 35.5 Å². The minimum atomic E-state index is -0.218. The number of piperidine rings is 1. The molecule has 1 unspecified atom stereocenters. The fourth-order valence-corrected chi connectivity index (χ4v) is 2.72. The van der Waals surface area contributed by atoms with Crippen molar-refractivity contribution in [3.05, 3.63) is 28.8 Å². The molecule has 19 heavy (non-hydrogen) atoms. The van der Waals surface area contributed by atoms with Crippen molar-refractivity contribution in [1.82, 2.24) is 5.32 Å². The first kappa shape index (κ1) is 14.6. The van der Waals surface area contributed by atoms with E-state index in [0.29, 0.717) is 6.54 Å². The minimum absolute atomic E-state index is 0.218. The molecule has 0 bridgehead atoms. The Morgan fingerprint density at radius 1 is 1.47 bits per heavy atom. The van der Waals surface area contributed by atoms with Crippen LogP contribution in [0.25, 0.3) is 0 Å². The van der Waals surface area contributed by atoms with Crippen LogP contribution in [0, 0.1) is 0 Å². The molecule has 1 heterocycles. The van der Waals surface area contributed by atoms with Gasteiger partial charge in [-0.25, -0.2) is 0 Å². The number of aliphatic hydroxyl groups excluding tert-OH is 1. The molecule has 0 aliphatic carbocycles. The molecule has 106 valence electrons. The van der Waals surface area contributed by atoms with Gasteiger partial charge in [-0.1, -0.05) is 24.6 Å². The first-order chi connectivity index (χ1) is 9.20. The summed E-state index contributed by atoms with van der Waals surface area (Å²) in [5, 5.41) is 14.0. The third-order valence-corrected chi connectivity index (χ3v) is 3.76. The predicted molar refractivity (Wildman–Crippen MR) is 80.9 cm³/mol. The average molecular weight is 283 g/mol. The molecule has 3 nitrogen and oxygen atoms in total. The summed E-state index contributed by atoms with van der Waals surface area (Å²) in [5.41, 5.74) is 2.42. The summed E-state index contributed by atoms with van der Waals surface area (Å²) in [6, 6.07) is 6.04. The summed E-state index contributed by atoms with van der Waals surface area (Å²) in [5.74, 6) is 0. The quantitative estimate of drug-likeness (QED) is 0.815. The standard InChI is InChI=1S/C15H23ClN2O/c1-2-7-17-10-12-5-6-13(16)9-15(12)18-8-3-4-14(19)11-18/h5-6,9,14,17,19H,2-4,7-8,10-11H2,1H3. The zero-order valence-corrected chi connectivity index (χ0v) is 12.3. The lowest BCUT2D eigenvalue weighted by Crippen LogP contribution is -2.39. The highest BCUT2D eigenvalue weighted by Gasteiger charge is 2.20. The Kier molecular flexibility index (Phi) is 5.49. The summed E-state index contributed by atoms with van der Waals surface area (Å²) < 4.78 is 0. The Labute approximate surface area is 120 Å². The largest absolute Gasteiger partial charge is 0.391 e. The highest BCUT2D eigenvalue weighted by Crippen LogP contribution is 2.27. The number of aliphatic hydroxyl groups is 1. The second-order valence-corrected chi connectivity index (χ2v) is 5.63. The number of hydrogen-bond acceptors (Lipinski definition) is 3. The Balaban J connectivity index is 2.13. The smallest absolute Gasteiger partial charge is 0.0715 e. The van der Waals surface area contributed by atoms with Crippen molar-refractivity contribution in [2.24, 2.45) is 0 Å². The van der Waals surface area contributed by atoms with E-state index >= 15 is 0 Å². The van der Waals surface area contributed by atoms with Gasteiger partial charge in [-0.3, -0.25) is 0 Å². The zero-order valence-electron chi connectivity index (χ0n) is 11.5. The molecule has 4 heteroatoms. The number of hydrogen-bond donors (Lipinski definition) is 2. The van der Waals surface area contributed by atoms with E-state index in [4.69, 9.17) is 11.6 Å². The van der Waals surface area contributed by atoms with Gasteiger partial charge in [0, 0.05) is 30.3 Å². The van der Waals surface area contributed by atoms with Gasteiger partial charge in [-0.05, 0) is 43.5 Å². The number of anilines is 1. The highest BCUT2D eigenvalue weighted by atomic mass is 35.5. The van der Waals surface area contributed by atoms with Gasteiger partial charge in [0.15, 0.2) is 0 Å². The molecule has 1 aliphatic rings. The molecule has 0 aromatic heterocycles. The Bertz CT molecular complexity index is 411. The van der Waals surface area contributed by atoms with Crippen LogP contribution in [0.5, 0.6) is 0 Å². The first-order valence-corrected chi connectivity index (χ1v) is 7.50. The van der Waals surface area contributed by atoms with Gasteiger partial charge in [-0.2, -0.15) is 0 Å². The fraction of sp³-hybridized carbons (Fsp3) is 0.600. The van der Waals surface area contributed by atoms with Gasteiger partial charge in [0.25, 0.3) is 0 Å². The Morgan fingerprint density at radius 2 is 2.32 bits per heavy atom. The van der Waals surface area contributed by atoms with Crippen LogP contribution in [0.2, 0.25) is 5.02 Å². The lowest BCUT2D eigenvalue weighted by atomic mass is 10.1. The summed E-state index contributed by atoms with van der Waals surface area (Å²) in [6.45, 7) is 5.74. The van der Waals surface area contributed by atoms with Crippen molar-refractivity contribution in [1.29, 1.82) is 0 Å². The number of halogens is 1. The molecule has 1 atom stereocenters. The Hall–Kier alpha value is -0.770. The van der Waals surface area contributed by atoms with Gasteiger partial charge >= 0.3 is 0 Å². The maximum absolute atomic E-state index is 9.82. The number of nitrogens with zero attached hydrogens (tertiary/aromatic N) is 1. The average Bonchev–Trinajstić information content (AvgIpc) is 2.40. The van der Waals surface area contributed by atoms with Crippen molar-refractivity contribution in [3.63, 3.8) is 0 Å². The van der Waals surface area contributed by atoms with Crippen LogP contribution in [0.4, 0.5) is 5.69 Å². The normalized spacial score (nSPS) is 19.7. The van der Waals surface area contributed by atoms with E-state index in [1.54, 1.807) is 0 Å². The summed E-state index contributed by atoms with van der Waals surface area (Å²) in [7, 11) is 0. The van der Waals surface area contributed by atoms with Crippen molar-refractivity contribution in [2.45, 2.75) is 38.8 Å². The predicted octanol–water partition coefficient (Wildman–Crippen LogP) is 2.80. The number of benzene rings is 1. The van der Waals surface area contributed by atoms with E-state index in [-0.39, 0.29) is 6.10 Å². The van der Waals surface area contributed by atoms with E-state index in [1.165, 1.54) is 5.56 Å². The van der Waals surface area contributed by atoms with Crippen molar-refractivity contribution in [2.75, 3.05) is 24.5 Å². The van der Waals surface area contributed by atoms with Crippen LogP contribution >= 0.6 is 11.6 Å². The third kappa shape index (κ3) is 4.10. The van der Waals surface area contributed by atoms with Gasteiger partial charge < -0.3 is 15.3 Å². The van der Waals surface area contributed by atoms with Crippen LogP contribution in [0.15, 0.2) is 18.2 Å². The minimum Gasteiger partial charge on any atom is -0.391 e. The molecule has 1 saturated heterocycles. The van der Waals surface area contributed by atoms with Crippen molar-refractivity contribution in [3.8, 4) is 0 Å². The number of nitrogens with one attached hydrogen (secondary N) is 1. The van der Waals surface area contributed by atoms with Gasteiger partial charge in [0.2, 0.25) is 0 Å². The van der Waals surface area contributed by atoms with Crippen LogP contribution < -0.4 is 10.2 Å². The molecule has 0 saturated carbocycles. The molecule has 1 aromatic carbocycles. The van der Waals surface area contributed by atoms with Crippen LogP contribution in [0.3, 0.4) is 0 Å². The van der Waals surface area contributed by atoms with Crippen molar-refractivity contribution >= 4 is 17.3 Å². The van der Waals surface area contributed by atoms with E-state index in [2.05, 4.69) is 23.2 Å². The van der Waals surface area contributed by atoms with E-state index < -0.39 is 0 Å². The fourth-order valence-electron chi connectivity index (χ4n) is 2.55. The number of rotatable bonds is 5. The van der Waals surface area contributed by atoms with Gasteiger partial charge in [-0.15, -0.1) is 0 Å². The molecule has 2 N–H and O–H groups in total. The lowest BCUT2D eigenvalue weighted by molar-refractivity contribution is 0.154. The summed E-state index contributed by atoms with van der Waals surface area (Å²) >= 11 is 6.12.